The summed E-state index contributed by atoms with van der Waals surface area (Å²) in [4.78, 5) is 14.1. The number of amides is 1. The predicted octanol–water partition coefficient (Wildman–Crippen LogP) is 2.31. The van der Waals surface area contributed by atoms with E-state index in [0.717, 1.165) is 12.8 Å². The molecular formula is C16H23FN2O2. The molecule has 0 spiro atoms. The molecule has 0 heterocycles. The van der Waals surface area contributed by atoms with Gasteiger partial charge in [0.25, 0.3) is 0 Å². The van der Waals surface area contributed by atoms with E-state index in [-0.39, 0.29) is 24.9 Å². The van der Waals surface area contributed by atoms with Gasteiger partial charge in [0.2, 0.25) is 5.91 Å². The number of nitrogens with zero attached hydrogens (tertiary/aromatic N) is 1. The summed E-state index contributed by atoms with van der Waals surface area (Å²) in [5, 5.41) is 11.9. The van der Waals surface area contributed by atoms with Crippen LogP contribution in [0.1, 0.15) is 31.2 Å². The van der Waals surface area contributed by atoms with Gasteiger partial charge in [0.05, 0.1) is 13.2 Å². The van der Waals surface area contributed by atoms with Crippen LogP contribution in [-0.2, 0) is 4.79 Å². The third kappa shape index (κ3) is 4.51. The maximum absolute atomic E-state index is 13.5. The molecule has 0 aliphatic heterocycles. The number of aryl methyl sites for hydroxylation is 1. The van der Waals surface area contributed by atoms with Crippen molar-refractivity contribution in [2.24, 2.45) is 0 Å². The smallest absolute Gasteiger partial charge is 0.238 e. The molecule has 1 aromatic rings. The van der Waals surface area contributed by atoms with Crippen LogP contribution in [0, 0.1) is 12.7 Å². The number of rotatable bonds is 6. The molecule has 1 aromatic carbocycles. The first-order chi connectivity index (χ1) is 10.1. The van der Waals surface area contributed by atoms with Gasteiger partial charge in [-0.25, -0.2) is 4.39 Å². The molecule has 0 unspecified atom stereocenters. The van der Waals surface area contributed by atoms with Crippen LogP contribution in [0.5, 0.6) is 0 Å². The topological polar surface area (TPSA) is 52.6 Å². The molecule has 0 aromatic heterocycles. The van der Waals surface area contributed by atoms with Crippen molar-refractivity contribution in [3.63, 3.8) is 0 Å². The zero-order chi connectivity index (χ0) is 15.2. The van der Waals surface area contributed by atoms with Gasteiger partial charge in [-0.2, -0.15) is 0 Å². The molecule has 1 saturated carbocycles. The minimum atomic E-state index is -0.323. The summed E-state index contributed by atoms with van der Waals surface area (Å²) in [5.74, 6) is -0.491. The maximum atomic E-state index is 13.5. The van der Waals surface area contributed by atoms with E-state index in [4.69, 9.17) is 5.11 Å². The van der Waals surface area contributed by atoms with Crippen LogP contribution in [0.25, 0.3) is 0 Å². The van der Waals surface area contributed by atoms with E-state index in [2.05, 4.69) is 5.32 Å². The highest BCUT2D eigenvalue weighted by atomic mass is 19.1. The molecule has 1 aliphatic rings. The predicted molar refractivity (Wildman–Crippen MR) is 80.7 cm³/mol. The summed E-state index contributed by atoms with van der Waals surface area (Å²) >= 11 is 0. The van der Waals surface area contributed by atoms with E-state index in [0.29, 0.717) is 23.8 Å². The van der Waals surface area contributed by atoms with Gasteiger partial charge in [-0.05, 0) is 37.5 Å². The monoisotopic (exact) mass is 294 g/mol. The summed E-state index contributed by atoms with van der Waals surface area (Å²) in [7, 11) is 0. The number of hydrogen-bond acceptors (Lipinski definition) is 3. The van der Waals surface area contributed by atoms with Crippen molar-refractivity contribution < 1.29 is 14.3 Å². The van der Waals surface area contributed by atoms with E-state index in [1.165, 1.54) is 18.9 Å². The third-order valence-electron chi connectivity index (χ3n) is 4.03. The highest BCUT2D eigenvalue weighted by molar-refractivity contribution is 5.92. The van der Waals surface area contributed by atoms with Crippen molar-refractivity contribution in [3.8, 4) is 0 Å². The average molecular weight is 294 g/mol. The first kappa shape index (κ1) is 15.9. The molecule has 2 N–H and O–H groups in total. The molecule has 0 radical (unpaired) electrons. The molecule has 1 aliphatic carbocycles. The highest BCUT2D eigenvalue weighted by Crippen LogP contribution is 2.23. The second-order valence-corrected chi connectivity index (χ2v) is 5.64. The Hall–Kier alpha value is -1.46. The zero-order valence-corrected chi connectivity index (χ0v) is 12.4. The molecule has 0 bridgehead atoms. The lowest BCUT2D eigenvalue weighted by Gasteiger charge is -2.27. The molecule has 2 rings (SSSR count). The van der Waals surface area contributed by atoms with Gasteiger partial charge in [-0.1, -0.05) is 18.9 Å². The Bertz CT molecular complexity index is 487. The van der Waals surface area contributed by atoms with Crippen LogP contribution in [0.2, 0.25) is 0 Å². The molecule has 21 heavy (non-hydrogen) atoms. The van der Waals surface area contributed by atoms with Gasteiger partial charge in [0.15, 0.2) is 0 Å². The van der Waals surface area contributed by atoms with Gasteiger partial charge >= 0.3 is 0 Å². The molecule has 1 amide bonds. The van der Waals surface area contributed by atoms with Crippen LogP contribution in [0.15, 0.2) is 18.2 Å². The van der Waals surface area contributed by atoms with Crippen LogP contribution < -0.4 is 5.32 Å². The van der Waals surface area contributed by atoms with Gasteiger partial charge in [-0.3, -0.25) is 9.69 Å². The second kappa shape index (κ2) is 7.52. The Morgan fingerprint density at radius 1 is 1.43 bits per heavy atom. The first-order valence-corrected chi connectivity index (χ1v) is 7.51. The number of benzene rings is 1. The lowest BCUT2D eigenvalue weighted by Crippen LogP contribution is -2.41. The molecule has 0 saturated heterocycles. The highest BCUT2D eigenvalue weighted by Gasteiger charge is 2.23. The Labute approximate surface area is 125 Å². The largest absolute Gasteiger partial charge is 0.395 e. The van der Waals surface area contributed by atoms with Gasteiger partial charge in [-0.15, -0.1) is 0 Å². The number of aliphatic hydroxyl groups excluding tert-OH is 1. The third-order valence-corrected chi connectivity index (χ3v) is 4.03. The fourth-order valence-corrected chi connectivity index (χ4v) is 2.84. The van der Waals surface area contributed by atoms with Crippen LogP contribution in [-0.4, -0.2) is 41.7 Å². The number of halogens is 1. The Morgan fingerprint density at radius 2 is 2.14 bits per heavy atom. The fraction of sp³-hybridized carbons (Fsp3) is 0.562. The molecule has 116 valence electrons. The number of hydrogen-bond donors (Lipinski definition) is 2. The summed E-state index contributed by atoms with van der Waals surface area (Å²) in [6, 6.07) is 5.05. The lowest BCUT2D eigenvalue weighted by atomic mass is 10.2. The second-order valence-electron chi connectivity index (χ2n) is 5.64. The van der Waals surface area contributed by atoms with Crippen molar-refractivity contribution in [2.75, 3.05) is 25.0 Å². The van der Waals surface area contributed by atoms with Crippen LogP contribution in [0.4, 0.5) is 10.1 Å². The van der Waals surface area contributed by atoms with Crippen molar-refractivity contribution in [1.82, 2.24) is 4.90 Å². The minimum absolute atomic E-state index is 0.0446. The fourth-order valence-electron chi connectivity index (χ4n) is 2.84. The summed E-state index contributed by atoms with van der Waals surface area (Å²) in [5.41, 5.74) is 1.03. The Morgan fingerprint density at radius 3 is 2.76 bits per heavy atom. The Kier molecular flexibility index (Phi) is 5.70. The van der Waals surface area contributed by atoms with E-state index in [9.17, 15) is 9.18 Å². The maximum Gasteiger partial charge on any atom is 0.238 e. The lowest BCUT2D eigenvalue weighted by molar-refractivity contribution is -0.118. The first-order valence-electron chi connectivity index (χ1n) is 7.51. The van der Waals surface area contributed by atoms with E-state index in [1.807, 2.05) is 4.90 Å². The zero-order valence-electron chi connectivity index (χ0n) is 12.4. The molecule has 0 atom stereocenters. The normalized spacial score (nSPS) is 15.6. The Balaban J connectivity index is 1.93. The van der Waals surface area contributed by atoms with Crippen LogP contribution in [0.3, 0.4) is 0 Å². The summed E-state index contributed by atoms with van der Waals surface area (Å²) in [6.07, 6.45) is 4.51. The SMILES string of the molecule is Cc1ccc(NC(=O)CN(CCO)C2CCCC2)cc1F. The van der Waals surface area contributed by atoms with Gasteiger partial charge in [0.1, 0.15) is 5.82 Å². The van der Waals surface area contributed by atoms with Crippen LogP contribution >= 0.6 is 0 Å². The van der Waals surface area contributed by atoms with E-state index < -0.39 is 0 Å². The molecule has 1 fully saturated rings. The molecular weight excluding hydrogens is 271 g/mol. The number of aliphatic hydroxyl groups is 1. The number of anilines is 1. The molecule has 5 heteroatoms. The number of carbonyl (C=O) groups is 1. The number of nitrogens with one attached hydrogen (secondary N) is 1. The summed E-state index contributed by atoms with van der Waals surface area (Å²) in [6.45, 7) is 2.47. The average Bonchev–Trinajstić information content (AvgIpc) is 2.96. The quantitative estimate of drug-likeness (QED) is 0.846. The van der Waals surface area contributed by atoms with E-state index >= 15 is 0 Å². The number of carbonyl (C=O) groups excluding carboxylic acids is 1. The molecule has 4 nitrogen and oxygen atoms in total. The van der Waals surface area contributed by atoms with Crippen molar-refractivity contribution >= 4 is 11.6 Å². The van der Waals surface area contributed by atoms with Crippen molar-refractivity contribution in [2.45, 2.75) is 38.6 Å². The standard InChI is InChI=1S/C16H23FN2O2/c1-12-6-7-13(10-15(12)17)18-16(21)11-19(8-9-20)14-4-2-3-5-14/h6-7,10,14,20H,2-5,8-9,11H2,1H3,(H,18,21). The summed E-state index contributed by atoms with van der Waals surface area (Å²) < 4.78 is 13.5. The minimum Gasteiger partial charge on any atom is -0.395 e. The van der Waals surface area contributed by atoms with E-state index in [1.54, 1.807) is 19.1 Å². The van der Waals surface area contributed by atoms with Crippen molar-refractivity contribution in [1.29, 1.82) is 0 Å². The van der Waals surface area contributed by atoms with Gasteiger partial charge in [0, 0.05) is 18.3 Å². The van der Waals surface area contributed by atoms with Gasteiger partial charge < -0.3 is 10.4 Å². The van der Waals surface area contributed by atoms with Crippen molar-refractivity contribution in [3.05, 3.63) is 29.6 Å².